The van der Waals surface area contributed by atoms with E-state index in [0.29, 0.717) is 17.7 Å². The van der Waals surface area contributed by atoms with Crippen LogP contribution in [-0.4, -0.2) is 36.5 Å². The number of rotatable bonds is 6. The molecule has 11 heteroatoms. The number of nitrogens with zero attached hydrogens (tertiary/aromatic N) is 4. The van der Waals surface area contributed by atoms with Crippen molar-refractivity contribution in [1.82, 2.24) is 14.8 Å². The van der Waals surface area contributed by atoms with Gasteiger partial charge in [-0.15, -0.1) is 0 Å². The Morgan fingerprint density at radius 2 is 1.83 bits per heavy atom. The largest absolute Gasteiger partial charge is 0.478 e. The zero-order valence-electron chi connectivity index (χ0n) is 15.2. The van der Waals surface area contributed by atoms with E-state index in [1.165, 1.54) is 29.9 Å². The van der Waals surface area contributed by atoms with Crippen LogP contribution in [0.1, 0.15) is 32.1 Å². The summed E-state index contributed by atoms with van der Waals surface area (Å²) >= 11 is 0. The van der Waals surface area contributed by atoms with E-state index in [0.717, 1.165) is 18.5 Å². The molecule has 2 aromatic carbocycles. The van der Waals surface area contributed by atoms with Gasteiger partial charge in [0, 0.05) is 7.05 Å². The molecule has 3 aromatic rings. The molecule has 30 heavy (non-hydrogen) atoms. The molecule has 0 spiro atoms. The third-order valence-electron chi connectivity index (χ3n) is 4.11. The summed E-state index contributed by atoms with van der Waals surface area (Å²) in [5, 5.41) is 24.7. The lowest BCUT2D eigenvalue weighted by Gasteiger charge is -2.10. The Morgan fingerprint density at radius 3 is 2.37 bits per heavy atom. The highest BCUT2D eigenvalue weighted by atomic mass is 19.1. The molecule has 0 bridgehead atoms. The monoisotopic (exact) mass is 414 g/mol. The Hall–Kier alpha value is -4.28. The van der Waals surface area contributed by atoms with Gasteiger partial charge >= 0.3 is 5.97 Å². The molecule has 9 nitrogen and oxygen atoms in total. The summed E-state index contributed by atoms with van der Waals surface area (Å²) in [6.07, 6.45) is 2.38. The first kappa shape index (κ1) is 20.5. The second-order valence-electron chi connectivity index (χ2n) is 6.06. The number of ketones is 1. The van der Waals surface area contributed by atoms with Crippen molar-refractivity contribution >= 4 is 29.1 Å². The molecule has 0 aliphatic heterocycles. The second-order valence-corrected chi connectivity index (χ2v) is 6.06. The molecule has 0 fully saturated rings. The molecule has 0 radical (unpaired) electrons. The molecule has 152 valence electrons. The van der Waals surface area contributed by atoms with Crippen molar-refractivity contribution in [3.63, 3.8) is 0 Å². The standard InChI is InChI=1S/C19H12F2N4O5/c1-24-18(22-9-23-24)14(6-10-2-4-11(20)5-3-10)17(26)16-13(19(27)28)7-12(21)8-15(16)25(29)30/h2-9H,1H3,(H,27,28). The summed E-state index contributed by atoms with van der Waals surface area (Å²) < 4.78 is 28.2. The molecule has 0 saturated carbocycles. The van der Waals surface area contributed by atoms with Crippen LogP contribution < -0.4 is 0 Å². The van der Waals surface area contributed by atoms with E-state index < -0.39 is 45.1 Å². The summed E-state index contributed by atoms with van der Waals surface area (Å²) in [5.41, 5.74) is -2.61. The lowest BCUT2D eigenvalue weighted by atomic mass is 9.94. The number of aromatic nitrogens is 3. The number of hydrogen-bond acceptors (Lipinski definition) is 6. The zero-order valence-corrected chi connectivity index (χ0v) is 15.2. The average Bonchev–Trinajstić information content (AvgIpc) is 3.11. The minimum absolute atomic E-state index is 0.0284. The van der Waals surface area contributed by atoms with Crippen molar-refractivity contribution in [2.24, 2.45) is 7.05 Å². The predicted octanol–water partition coefficient (Wildman–Crippen LogP) is 3.12. The van der Waals surface area contributed by atoms with E-state index in [2.05, 4.69) is 10.1 Å². The molecule has 0 atom stereocenters. The molecule has 0 unspecified atom stereocenters. The first-order valence-electron chi connectivity index (χ1n) is 8.26. The Bertz CT molecular complexity index is 1170. The molecule has 3 rings (SSSR count). The van der Waals surface area contributed by atoms with Gasteiger partial charge in [-0.1, -0.05) is 12.1 Å². The van der Waals surface area contributed by atoms with E-state index in [-0.39, 0.29) is 11.4 Å². The van der Waals surface area contributed by atoms with Crippen LogP contribution in [0.2, 0.25) is 0 Å². The number of aromatic carboxylic acids is 1. The minimum Gasteiger partial charge on any atom is -0.478 e. The quantitative estimate of drug-likeness (QED) is 0.284. The highest BCUT2D eigenvalue weighted by Gasteiger charge is 2.32. The lowest BCUT2D eigenvalue weighted by Crippen LogP contribution is -2.15. The third kappa shape index (κ3) is 3.94. The number of hydrogen-bond donors (Lipinski definition) is 1. The highest BCUT2D eigenvalue weighted by Crippen LogP contribution is 2.30. The van der Waals surface area contributed by atoms with Crippen LogP contribution in [0, 0.1) is 21.7 Å². The molecule has 0 aliphatic rings. The number of halogens is 2. The normalized spacial score (nSPS) is 11.4. The van der Waals surface area contributed by atoms with Crippen molar-refractivity contribution in [3.8, 4) is 0 Å². The summed E-state index contributed by atoms with van der Waals surface area (Å²) in [6.45, 7) is 0. The number of aryl methyl sites for hydroxylation is 1. The van der Waals surface area contributed by atoms with Crippen LogP contribution in [0.25, 0.3) is 11.6 Å². The van der Waals surface area contributed by atoms with Crippen LogP contribution in [0.15, 0.2) is 42.7 Å². The molecule has 0 saturated heterocycles. The fraction of sp³-hybridized carbons (Fsp3) is 0.0526. The molecule has 0 amide bonds. The maximum atomic E-state index is 13.8. The Kier molecular flexibility index (Phi) is 5.45. The predicted molar refractivity (Wildman–Crippen MR) is 99.6 cm³/mol. The molecule has 1 aromatic heterocycles. The van der Waals surface area contributed by atoms with Crippen molar-refractivity contribution < 1.29 is 28.4 Å². The van der Waals surface area contributed by atoms with Crippen molar-refractivity contribution in [2.75, 3.05) is 0 Å². The first-order chi connectivity index (χ1) is 14.2. The number of benzene rings is 2. The van der Waals surface area contributed by atoms with E-state index in [9.17, 15) is 33.6 Å². The van der Waals surface area contributed by atoms with E-state index in [1.807, 2.05) is 0 Å². The van der Waals surface area contributed by atoms with Gasteiger partial charge in [0.25, 0.3) is 5.69 Å². The maximum absolute atomic E-state index is 13.8. The molecule has 0 aliphatic carbocycles. The van der Waals surface area contributed by atoms with Crippen LogP contribution in [-0.2, 0) is 7.05 Å². The van der Waals surface area contributed by atoms with Gasteiger partial charge in [0.2, 0.25) is 5.78 Å². The smallest absolute Gasteiger partial charge is 0.336 e. The molecule has 1 N–H and O–H groups in total. The van der Waals surface area contributed by atoms with E-state index in [4.69, 9.17) is 0 Å². The Balaban J connectivity index is 2.30. The van der Waals surface area contributed by atoms with Gasteiger partial charge in [0.1, 0.15) is 23.5 Å². The topological polar surface area (TPSA) is 128 Å². The van der Waals surface area contributed by atoms with Gasteiger partial charge in [0.05, 0.1) is 22.1 Å². The minimum atomic E-state index is -1.72. The van der Waals surface area contributed by atoms with Crippen molar-refractivity contribution in [3.05, 3.63) is 87.0 Å². The van der Waals surface area contributed by atoms with Gasteiger partial charge in [-0.05, 0) is 29.8 Å². The Labute approximate surface area is 167 Å². The first-order valence-corrected chi connectivity index (χ1v) is 8.26. The van der Waals surface area contributed by atoms with Gasteiger partial charge in [-0.25, -0.2) is 23.2 Å². The number of carbonyl (C=O) groups is 2. The average molecular weight is 414 g/mol. The summed E-state index contributed by atoms with van der Waals surface area (Å²) in [7, 11) is 1.45. The fourth-order valence-electron chi connectivity index (χ4n) is 2.78. The number of allylic oxidation sites excluding steroid dienone is 1. The zero-order chi connectivity index (χ0) is 22.0. The van der Waals surface area contributed by atoms with Gasteiger partial charge in [0.15, 0.2) is 5.82 Å². The Morgan fingerprint density at radius 1 is 1.17 bits per heavy atom. The number of nitro benzene ring substituents is 1. The number of nitro groups is 1. The van der Waals surface area contributed by atoms with Crippen LogP contribution in [0.4, 0.5) is 14.5 Å². The van der Waals surface area contributed by atoms with Crippen LogP contribution in [0.3, 0.4) is 0 Å². The van der Waals surface area contributed by atoms with Crippen LogP contribution in [0.5, 0.6) is 0 Å². The lowest BCUT2D eigenvalue weighted by molar-refractivity contribution is -0.385. The highest BCUT2D eigenvalue weighted by molar-refractivity contribution is 6.34. The fourth-order valence-corrected chi connectivity index (χ4v) is 2.78. The van der Waals surface area contributed by atoms with Crippen molar-refractivity contribution in [2.45, 2.75) is 0 Å². The maximum Gasteiger partial charge on any atom is 0.336 e. The third-order valence-corrected chi connectivity index (χ3v) is 4.11. The summed E-state index contributed by atoms with van der Waals surface area (Å²) in [6, 6.07) is 5.94. The van der Waals surface area contributed by atoms with Crippen molar-refractivity contribution in [1.29, 1.82) is 0 Å². The number of carboxylic acid groups (broad SMARTS) is 1. The molecular formula is C19H12F2N4O5. The number of carbonyl (C=O) groups excluding carboxylic acids is 1. The van der Waals surface area contributed by atoms with E-state index >= 15 is 0 Å². The second kappa shape index (κ2) is 7.99. The van der Waals surface area contributed by atoms with E-state index in [1.54, 1.807) is 0 Å². The van der Waals surface area contributed by atoms with Gasteiger partial charge < -0.3 is 5.11 Å². The summed E-state index contributed by atoms with van der Waals surface area (Å²) in [5.74, 6) is -4.54. The summed E-state index contributed by atoms with van der Waals surface area (Å²) in [4.78, 5) is 39.2. The number of Topliss-reactive ketones (excluding diaryl/α,β-unsaturated/α-hetero) is 1. The molecular weight excluding hydrogens is 402 g/mol. The number of carboxylic acids is 1. The SMILES string of the molecule is Cn1ncnc1C(=Cc1ccc(F)cc1)C(=O)c1c(C(=O)O)cc(F)cc1[N+](=O)[O-]. The van der Waals surface area contributed by atoms with Gasteiger partial charge in [-0.3, -0.25) is 14.9 Å². The molecule has 1 heterocycles. The van der Waals surface area contributed by atoms with Crippen LogP contribution >= 0.6 is 0 Å². The van der Waals surface area contributed by atoms with Gasteiger partial charge in [-0.2, -0.15) is 5.10 Å².